The fourth-order valence-corrected chi connectivity index (χ4v) is 2.34. The molecule has 0 radical (unpaired) electrons. The molecule has 5 heteroatoms. The third-order valence-electron chi connectivity index (χ3n) is 3.11. The Morgan fingerprint density at radius 1 is 1.27 bits per heavy atom. The summed E-state index contributed by atoms with van der Waals surface area (Å²) >= 11 is 3.17. The van der Waals surface area contributed by atoms with E-state index in [2.05, 4.69) is 35.1 Å². The topological polar surface area (TPSA) is 38.3 Å². The zero-order chi connectivity index (χ0) is 16.1. The summed E-state index contributed by atoms with van der Waals surface area (Å²) in [6, 6.07) is 12.0. The molecule has 0 heterocycles. The lowest BCUT2D eigenvalue weighted by molar-refractivity contribution is -0.118. The number of benzene rings is 2. The van der Waals surface area contributed by atoms with E-state index in [9.17, 15) is 9.18 Å². The Hall–Kier alpha value is -1.88. The van der Waals surface area contributed by atoms with Gasteiger partial charge in [-0.25, -0.2) is 4.39 Å². The van der Waals surface area contributed by atoms with E-state index in [1.165, 1.54) is 12.1 Å². The van der Waals surface area contributed by atoms with E-state index in [0.717, 1.165) is 5.56 Å². The Kier molecular flexibility index (Phi) is 5.55. The van der Waals surface area contributed by atoms with E-state index in [4.69, 9.17) is 4.74 Å². The number of para-hydroxylation sites is 1. The van der Waals surface area contributed by atoms with E-state index in [-0.39, 0.29) is 12.3 Å². The van der Waals surface area contributed by atoms with Crippen LogP contribution in [-0.2, 0) is 4.79 Å². The van der Waals surface area contributed by atoms with Gasteiger partial charge in [0.05, 0.1) is 5.69 Å². The van der Waals surface area contributed by atoms with Gasteiger partial charge >= 0.3 is 0 Å². The quantitative estimate of drug-likeness (QED) is 0.831. The summed E-state index contributed by atoms with van der Waals surface area (Å²) in [5.74, 6) is 0.0668. The van der Waals surface area contributed by atoms with E-state index >= 15 is 0 Å². The van der Waals surface area contributed by atoms with Gasteiger partial charge in [-0.2, -0.15) is 0 Å². The summed E-state index contributed by atoms with van der Waals surface area (Å²) in [6.45, 7) is 3.94. The Morgan fingerprint density at radius 2 is 2.00 bits per heavy atom. The van der Waals surface area contributed by atoms with Crippen molar-refractivity contribution < 1.29 is 13.9 Å². The molecule has 0 spiro atoms. The summed E-state index contributed by atoms with van der Waals surface area (Å²) in [5, 5.41) is 2.50. The maximum atomic E-state index is 13.7. The number of carbonyl (C=O) groups excluding carboxylic acids is 1. The molecule has 2 aromatic carbocycles. The third kappa shape index (κ3) is 4.31. The number of nitrogens with one attached hydrogen (secondary N) is 1. The molecular formula is C17H17BrFNO2. The predicted molar refractivity (Wildman–Crippen MR) is 88.8 cm³/mol. The van der Waals surface area contributed by atoms with Crippen LogP contribution in [-0.4, -0.2) is 12.5 Å². The first-order chi connectivity index (χ1) is 10.5. The van der Waals surface area contributed by atoms with Crippen molar-refractivity contribution in [2.75, 3.05) is 11.9 Å². The number of carbonyl (C=O) groups is 1. The van der Waals surface area contributed by atoms with E-state index in [0.29, 0.717) is 16.1 Å². The number of hydrogen-bond acceptors (Lipinski definition) is 2. The van der Waals surface area contributed by atoms with Gasteiger partial charge in [-0.15, -0.1) is 0 Å². The van der Waals surface area contributed by atoms with Gasteiger partial charge in [0.15, 0.2) is 6.61 Å². The van der Waals surface area contributed by atoms with Gasteiger partial charge in [0.25, 0.3) is 5.91 Å². The molecule has 0 aromatic heterocycles. The van der Waals surface area contributed by atoms with Crippen molar-refractivity contribution in [3.05, 3.63) is 58.3 Å². The van der Waals surface area contributed by atoms with Crippen LogP contribution in [0.5, 0.6) is 5.75 Å². The van der Waals surface area contributed by atoms with Crippen molar-refractivity contribution in [2.45, 2.75) is 19.8 Å². The van der Waals surface area contributed by atoms with Gasteiger partial charge in [-0.05, 0) is 35.7 Å². The Morgan fingerprint density at radius 3 is 2.68 bits per heavy atom. The Bertz CT molecular complexity index is 673. The lowest BCUT2D eigenvalue weighted by atomic mass is 10.0. The van der Waals surface area contributed by atoms with Crippen molar-refractivity contribution in [1.82, 2.24) is 0 Å². The second kappa shape index (κ2) is 7.40. The molecule has 0 aliphatic rings. The first-order valence-corrected chi connectivity index (χ1v) is 7.73. The maximum absolute atomic E-state index is 13.7. The smallest absolute Gasteiger partial charge is 0.262 e. The zero-order valence-electron chi connectivity index (χ0n) is 12.4. The van der Waals surface area contributed by atoms with E-state index < -0.39 is 11.7 Å². The second-order valence-electron chi connectivity index (χ2n) is 5.15. The van der Waals surface area contributed by atoms with Crippen molar-refractivity contribution in [3.8, 4) is 5.75 Å². The standard InChI is InChI=1S/C17H17BrFNO2/c1-11(2)13-5-3-4-6-16(13)22-10-17(21)20-15-8-7-12(18)9-14(15)19/h3-9,11H,10H2,1-2H3,(H,20,21). The molecule has 0 saturated heterocycles. The second-order valence-corrected chi connectivity index (χ2v) is 6.07. The lowest BCUT2D eigenvalue weighted by Gasteiger charge is -2.14. The molecule has 0 fully saturated rings. The third-order valence-corrected chi connectivity index (χ3v) is 3.60. The number of hydrogen-bond donors (Lipinski definition) is 1. The first-order valence-electron chi connectivity index (χ1n) is 6.94. The molecule has 22 heavy (non-hydrogen) atoms. The first kappa shape index (κ1) is 16.5. The fourth-order valence-electron chi connectivity index (χ4n) is 2.01. The highest BCUT2D eigenvalue weighted by Crippen LogP contribution is 2.26. The molecule has 2 rings (SSSR count). The highest BCUT2D eigenvalue weighted by Gasteiger charge is 2.11. The number of halogens is 2. The highest BCUT2D eigenvalue weighted by molar-refractivity contribution is 9.10. The Balaban J connectivity index is 1.99. The number of rotatable bonds is 5. The van der Waals surface area contributed by atoms with Crippen molar-refractivity contribution in [2.24, 2.45) is 0 Å². The lowest BCUT2D eigenvalue weighted by Crippen LogP contribution is -2.21. The van der Waals surface area contributed by atoms with Crippen molar-refractivity contribution in [3.63, 3.8) is 0 Å². The monoisotopic (exact) mass is 365 g/mol. The molecule has 3 nitrogen and oxygen atoms in total. The van der Waals surface area contributed by atoms with Crippen LogP contribution in [0.3, 0.4) is 0 Å². The SMILES string of the molecule is CC(C)c1ccccc1OCC(=O)Nc1ccc(Br)cc1F. The molecule has 2 aromatic rings. The van der Waals surface area contributed by atoms with Crippen molar-refractivity contribution in [1.29, 1.82) is 0 Å². The van der Waals surface area contributed by atoms with Gasteiger partial charge in [0.1, 0.15) is 11.6 Å². The van der Waals surface area contributed by atoms with Crippen molar-refractivity contribution >= 4 is 27.5 Å². The van der Waals surface area contributed by atoms with Gasteiger partial charge in [0.2, 0.25) is 0 Å². The van der Waals surface area contributed by atoms with E-state index in [1.54, 1.807) is 6.07 Å². The number of anilines is 1. The summed E-state index contributed by atoms with van der Waals surface area (Å²) in [7, 11) is 0. The molecule has 1 amide bonds. The largest absolute Gasteiger partial charge is 0.483 e. The van der Waals surface area contributed by atoms with Crippen LogP contribution in [0.25, 0.3) is 0 Å². The van der Waals surface area contributed by atoms with Gasteiger partial charge in [0, 0.05) is 4.47 Å². The minimum Gasteiger partial charge on any atom is -0.483 e. The van der Waals surface area contributed by atoms with Gasteiger partial charge in [-0.1, -0.05) is 48.0 Å². The Labute approximate surface area is 137 Å². The molecule has 1 N–H and O–H groups in total. The molecular weight excluding hydrogens is 349 g/mol. The summed E-state index contributed by atoms with van der Waals surface area (Å²) in [5.41, 5.74) is 1.17. The van der Waals surface area contributed by atoms with Gasteiger partial charge < -0.3 is 10.1 Å². The maximum Gasteiger partial charge on any atom is 0.262 e. The summed E-state index contributed by atoms with van der Waals surface area (Å²) < 4.78 is 19.8. The minimum atomic E-state index is -0.495. The van der Waals surface area contributed by atoms with Crippen LogP contribution >= 0.6 is 15.9 Å². The van der Waals surface area contributed by atoms with E-state index in [1.807, 2.05) is 24.3 Å². The van der Waals surface area contributed by atoms with Crippen LogP contribution in [0.15, 0.2) is 46.9 Å². The average Bonchev–Trinajstić information content (AvgIpc) is 2.48. The summed E-state index contributed by atoms with van der Waals surface area (Å²) in [4.78, 5) is 11.9. The zero-order valence-corrected chi connectivity index (χ0v) is 14.0. The summed E-state index contributed by atoms with van der Waals surface area (Å²) in [6.07, 6.45) is 0. The van der Waals surface area contributed by atoms with Crippen LogP contribution < -0.4 is 10.1 Å². The molecule has 0 atom stereocenters. The van der Waals surface area contributed by atoms with Gasteiger partial charge in [-0.3, -0.25) is 4.79 Å². The average molecular weight is 366 g/mol. The van der Waals surface area contributed by atoms with Crippen LogP contribution in [0.2, 0.25) is 0 Å². The molecule has 0 bridgehead atoms. The fraction of sp³-hybridized carbons (Fsp3) is 0.235. The normalized spacial score (nSPS) is 10.6. The van der Waals surface area contributed by atoms with Crippen LogP contribution in [0.1, 0.15) is 25.3 Å². The van der Waals surface area contributed by atoms with Crippen LogP contribution in [0, 0.1) is 5.82 Å². The number of amides is 1. The highest BCUT2D eigenvalue weighted by atomic mass is 79.9. The molecule has 0 unspecified atom stereocenters. The van der Waals surface area contributed by atoms with Crippen LogP contribution in [0.4, 0.5) is 10.1 Å². The molecule has 0 aliphatic carbocycles. The predicted octanol–water partition coefficient (Wildman–Crippen LogP) is 4.73. The molecule has 116 valence electrons. The molecule has 0 aliphatic heterocycles. The minimum absolute atomic E-state index is 0.133. The molecule has 0 saturated carbocycles. The number of ether oxygens (including phenoxy) is 1.